The van der Waals surface area contributed by atoms with Gasteiger partial charge in [0.25, 0.3) is 0 Å². The largest absolute Gasteiger partial charge is 0.455 e. The molecule has 6 nitrogen and oxygen atoms in total. The molecule has 5 heterocycles. The van der Waals surface area contributed by atoms with E-state index < -0.39 is 5.41 Å². The minimum Gasteiger partial charge on any atom is -0.455 e. The van der Waals surface area contributed by atoms with Crippen LogP contribution in [0, 0.1) is 0 Å². The van der Waals surface area contributed by atoms with Gasteiger partial charge in [-0.25, -0.2) is 4.98 Å². The first-order valence-electron chi connectivity index (χ1n) is 22.1. The normalized spacial score (nSPS) is 15.1. The first kappa shape index (κ1) is 37.0. The molecule has 308 valence electrons. The third-order valence-corrected chi connectivity index (χ3v) is 14.6. The number of aromatic nitrogens is 4. The van der Waals surface area contributed by atoms with E-state index in [9.17, 15) is 0 Å². The van der Waals surface area contributed by atoms with Crippen LogP contribution in [0.1, 0.15) is 22.3 Å². The molecule has 3 aliphatic rings. The first-order valence-corrected chi connectivity index (χ1v) is 22.9. The van der Waals surface area contributed by atoms with Crippen molar-refractivity contribution in [2.45, 2.75) is 15.2 Å². The third-order valence-electron chi connectivity index (χ3n) is 13.5. The van der Waals surface area contributed by atoms with Crippen LogP contribution in [0.25, 0.3) is 66.7 Å². The summed E-state index contributed by atoms with van der Waals surface area (Å²) in [7, 11) is 0. The molecule has 1 spiro atoms. The van der Waals surface area contributed by atoms with Gasteiger partial charge in [-0.1, -0.05) is 151 Å². The highest BCUT2D eigenvalue weighted by Crippen LogP contribution is 2.66. The molecule has 1 atom stereocenters. The minimum atomic E-state index is -0.754. The molecule has 0 fully saturated rings. The third kappa shape index (κ3) is 5.26. The van der Waals surface area contributed by atoms with E-state index in [1.54, 1.807) is 24.2 Å². The van der Waals surface area contributed by atoms with E-state index in [1.807, 2.05) is 18.3 Å². The van der Waals surface area contributed by atoms with E-state index in [4.69, 9.17) is 19.7 Å². The maximum atomic E-state index is 7.25. The molecule has 0 amide bonds. The van der Waals surface area contributed by atoms with Gasteiger partial charge in [0.05, 0.1) is 55.5 Å². The van der Waals surface area contributed by atoms with Crippen molar-refractivity contribution in [3.63, 3.8) is 0 Å². The summed E-state index contributed by atoms with van der Waals surface area (Å²) in [5.74, 6) is 1.66. The molecule has 0 saturated heterocycles. The molecule has 0 saturated carbocycles. The number of ether oxygens (including phenoxy) is 1. The van der Waals surface area contributed by atoms with Crippen LogP contribution in [0.4, 0.5) is 17.1 Å². The van der Waals surface area contributed by atoms with Crippen molar-refractivity contribution in [3.8, 4) is 56.4 Å². The van der Waals surface area contributed by atoms with E-state index in [0.717, 1.165) is 111 Å². The second-order valence-electron chi connectivity index (χ2n) is 16.9. The number of fused-ring (bicyclic) bond motifs is 14. The van der Waals surface area contributed by atoms with E-state index in [2.05, 4.69) is 192 Å². The van der Waals surface area contributed by atoms with Crippen molar-refractivity contribution < 1.29 is 4.74 Å². The van der Waals surface area contributed by atoms with E-state index in [-0.39, 0.29) is 0 Å². The summed E-state index contributed by atoms with van der Waals surface area (Å²) in [5.41, 5.74) is 16.6. The maximum Gasteiger partial charge on any atom is 0.148 e. The van der Waals surface area contributed by atoms with Gasteiger partial charge in [0.1, 0.15) is 11.5 Å². The molecule has 0 N–H and O–H groups in total. The number of anilines is 3. The Hall–Kier alpha value is -8.39. The molecular formula is C59H35N5OS. The Morgan fingerprint density at radius 2 is 1.20 bits per heavy atom. The van der Waals surface area contributed by atoms with Gasteiger partial charge in [-0.3, -0.25) is 15.0 Å². The Morgan fingerprint density at radius 3 is 2.18 bits per heavy atom. The zero-order valence-electron chi connectivity index (χ0n) is 35.3. The molecule has 2 aliphatic heterocycles. The molecule has 1 aliphatic carbocycles. The summed E-state index contributed by atoms with van der Waals surface area (Å²) in [5, 5.41) is 2.43. The van der Waals surface area contributed by atoms with Gasteiger partial charge in [-0.2, -0.15) is 0 Å². The quantitative estimate of drug-likeness (QED) is 0.175. The van der Waals surface area contributed by atoms with Crippen LogP contribution in [0.2, 0.25) is 0 Å². The van der Waals surface area contributed by atoms with Gasteiger partial charge >= 0.3 is 0 Å². The Kier molecular flexibility index (Phi) is 8.03. The molecule has 11 aromatic rings. The SMILES string of the molecule is c1cc(-c2ccc3c(n2)-c2ncccc2C32c3ccccc3Oc3c2ccc2c3Sc3ccccc3N2c2ccccc2-c2cccc3ccccc23)cc(-c2cccc3nccnc23)c1. The fourth-order valence-electron chi connectivity index (χ4n) is 10.7. The smallest absolute Gasteiger partial charge is 0.148 e. The van der Waals surface area contributed by atoms with Crippen LogP contribution >= 0.6 is 11.8 Å². The van der Waals surface area contributed by atoms with Crippen molar-refractivity contribution >= 4 is 50.6 Å². The predicted octanol–water partition coefficient (Wildman–Crippen LogP) is 15.0. The Bertz CT molecular complexity index is 3820. The van der Waals surface area contributed by atoms with Crippen LogP contribution in [0.5, 0.6) is 11.5 Å². The second-order valence-corrected chi connectivity index (χ2v) is 17.9. The zero-order chi connectivity index (χ0) is 43.3. The minimum absolute atomic E-state index is 0.754. The number of pyridine rings is 2. The van der Waals surface area contributed by atoms with Gasteiger partial charge in [-0.15, -0.1) is 0 Å². The van der Waals surface area contributed by atoms with Crippen molar-refractivity contribution in [2.24, 2.45) is 0 Å². The van der Waals surface area contributed by atoms with Gasteiger partial charge < -0.3 is 9.64 Å². The zero-order valence-corrected chi connectivity index (χ0v) is 36.1. The average Bonchev–Trinajstić information content (AvgIpc) is 3.67. The fourth-order valence-corrected chi connectivity index (χ4v) is 11.9. The molecule has 14 rings (SSSR count). The Labute approximate surface area is 384 Å². The fraction of sp³-hybridized carbons (Fsp3) is 0.0169. The lowest BCUT2D eigenvalue weighted by Gasteiger charge is -2.42. The standard InChI is InChI=1S/C59H35N5OS/c1-2-17-39-36(13-1)14-10-20-41(39)42-18-3-5-24-49(42)64-50-25-6-8-27-53(50)66-58-51(64)31-29-46-57(58)65-52-26-7-4-21-43(52)59(46)44-22-12-32-61-55(44)56-45(59)28-30-47(63-56)38-16-9-15-37(35-38)40-19-11-23-48-54(40)62-34-33-60-48/h1-35H. The van der Waals surface area contributed by atoms with Gasteiger partial charge in [0.2, 0.25) is 0 Å². The average molecular weight is 862 g/mol. The first-order chi connectivity index (χ1) is 32.7. The Morgan fingerprint density at radius 1 is 0.470 bits per heavy atom. The summed E-state index contributed by atoms with van der Waals surface area (Å²) in [6.45, 7) is 0. The lowest BCUT2D eigenvalue weighted by atomic mass is 9.66. The monoisotopic (exact) mass is 861 g/mol. The highest BCUT2D eigenvalue weighted by atomic mass is 32.2. The number of benzene rings is 8. The highest BCUT2D eigenvalue weighted by Gasteiger charge is 2.53. The van der Waals surface area contributed by atoms with E-state index >= 15 is 0 Å². The van der Waals surface area contributed by atoms with Crippen molar-refractivity contribution in [1.82, 2.24) is 19.9 Å². The Balaban J connectivity index is 0.974. The summed E-state index contributed by atoms with van der Waals surface area (Å²) >= 11 is 1.77. The van der Waals surface area contributed by atoms with Crippen molar-refractivity contribution in [1.29, 1.82) is 0 Å². The molecule has 7 heteroatoms. The van der Waals surface area contributed by atoms with Gasteiger partial charge in [0.15, 0.2) is 0 Å². The predicted molar refractivity (Wildman–Crippen MR) is 265 cm³/mol. The van der Waals surface area contributed by atoms with Crippen molar-refractivity contribution in [3.05, 3.63) is 235 Å². The highest BCUT2D eigenvalue weighted by molar-refractivity contribution is 7.99. The lowest BCUT2D eigenvalue weighted by molar-refractivity contribution is 0.426. The van der Waals surface area contributed by atoms with Crippen LogP contribution in [-0.2, 0) is 5.41 Å². The summed E-state index contributed by atoms with van der Waals surface area (Å²) in [6.07, 6.45) is 5.37. The molecule has 0 bridgehead atoms. The summed E-state index contributed by atoms with van der Waals surface area (Å²) < 4.78 is 7.25. The lowest BCUT2D eigenvalue weighted by Crippen LogP contribution is -2.33. The van der Waals surface area contributed by atoms with Crippen LogP contribution < -0.4 is 9.64 Å². The maximum absolute atomic E-state index is 7.25. The van der Waals surface area contributed by atoms with Crippen molar-refractivity contribution in [2.75, 3.05) is 4.90 Å². The molecule has 66 heavy (non-hydrogen) atoms. The molecule has 0 radical (unpaired) electrons. The summed E-state index contributed by atoms with van der Waals surface area (Å²) in [4.78, 5) is 24.6. The number of hydrogen-bond acceptors (Lipinski definition) is 7. The van der Waals surface area contributed by atoms with Crippen LogP contribution in [0.3, 0.4) is 0 Å². The van der Waals surface area contributed by atoms with Crippen LogP contribution in [0.15, 0.2) is 223 Å². The van der Waals surface area contributed by atoms with Gasteiger partial charge in [-0.05, 0) is 87.6 Å². The molecule has 8 aromatic carbocycles. The number of para-hydroxylation sites is 4. The topological polar surface area (TPSA) is 64.0 Å². The number of hydrogen-bond donors (Lipinski definition) is 0. The summed E-state index contributed by atoms with van der Waals surface area (Å²) in [6, 6.07) is 69.2. The molecule has 3 aromatic heterocycles. The molecule has 1 unspecified atom stereocenters. The van der Waals surface area contributed by atoms with Gasteiger partial charge in [0, 0.05) is 51.3 Å². The number of rotatable bonds is 4. The molecular weight excluding hydrogens is 827 g/mol. The van der Waals surface area contributed by atoms with E-state index in [0.29, 0.717) is 0 Å². The number of nitrogens with zero attached hydrogens (tertiary/aromatic N) is 5. The van der Waals surface area contributed by atoms with E-state index in [1.165, 1.54) is 16.3 Å². The second kappa shape index (κ2) is 14.3. The van der Waals surface area contributed by atoms with Crippen LogP contribution in [-0.4, -0.2) is 19.9 Å².